The number of fused-ring (bicyclic) bond motifs is 1. The summed E-state index contributed by atoms with van der Waals surface area (Å²) in [5, 5.41) is 1.05. The fourth-order valence-electron chi connectivity index (χ4n) is 3.40. The fourth-order valence-corrected chi connectivity index (χ4v) is 3.40. The molecule has 4 rings (SSSR count). The number of benzene rings is 2. The highest BCUT2D eigenvalue weighted by Crippen LogP contribution is 2.26. The maximum Gasteiger partial charge on any atom is 0.253 e. The van der Waals surface area contributed by atoms with Crippen LogP contribution in [-0.4, -0.2) is 41.6 Å². The van der Waals surface area contributed by atoms with Crippen molar-refractivity contribution in [1.82, 2.24) is 9.88 Å². The van der Waals surface area contributed by atoms with Gasteiger partial charge in [0, 0.05) is 30.1 Å². The van der Waals surface area contributed by atoms with Crippen molar-refractivity contribution in [3.63, 3.8) is 0 Å². The molecule has 0 radical (unpaired) electrons. The third-order valence-corrected chi connectivity index (χ3v) is 4.73. The highest BCUT2D eigenvalue weighted by atomic mass is 16.5. The normalized spacial score (nSPS) is 16.5. The number of ether oxygens (including phenoxy) is 2. The number of likely N-dealkylation sites (tertiary alicyclic amines) is 1. The molecule has 1 atom stereocenters. The van der Waals surface area contributed by atoms with Crippen molar-refractivity contribution < 1.29 is 14.3 Å². The molecular formula is C22H22N2O3. The van der Waals surface area contributed by atoms with E-state index >= 15 is 0 Å². The Hall–Kier alpha value is -3.08. The maximum absolute atomic E-state index is 12.7. The van der Waals surface area contributed by atoms with Gasteiger partial charge in [-0.2, -0.15) is 0 Å². The highest BCUT2D eigenvalue weighted by molar-refractivity contribution is 5.94. The molecule has 1 unspecified atom stereocenters. The Balaban J connectivity index is 1.43. The van der Waals surface area contributed by atoms with E-state index < -0.39 is 0 Å². The van der Waals surface area contributed by atoms with E-state index in [2.05, 4.69) is 4.98 Å². The number of hydrogen-bond donors (Lipinski definition) is 0. The van der Waals surface area contributed by atoms with Crippen LogP contribution in [0.2, 0.25) is 0 Å². The Labute approximate surface area is 158 Å². The number of nitrogens with zero attached hydrogens (tertiary/aromatic N) is 2. The Bertz CT molecular complexity index is 934. The molecule has 1 aliphatic rings. The number of carbonyl (C=O) groups excluding carboxylic acids is 1. The molecule has 27 heavy (non-hydrogen) atoms. The van der Waals surface area contributed by atoms with Gasteiger partial charge in [0.2, 0.25) is 0 Å². The van der Waals surface area contributed by atoms with Gasteiger partial charge in [-0.3, -0.25) is 9.78 Å². The van der Waals surface area contributed by atoms with E-state index in [-0.39, 0.29) is 12.0 Å². The van der Waals surface area contributed by atoms with Gasteiger partial charge in [-0.1, -0.05) is 18.2 Å². The van der Waals surface area contributed by atoms with Gasteiger partial charge in [0.15, 0.2) is 0 Å². The van der Waals surface area contributed by atoms with Gasteiger partial charge < -0.3 is 14.4 Å². The molecule has 2 aromatic carbocycles. The molecule has 1 fully saturated rings. The molecule has 0 aliphatic carbocycles. The van der Waals surface area contributed by atoms with E-state index in [9.17, 15) is 4.79 Å². The first kappa shape index (κ1) is 17.3. The molecule has 3 aromatic rings. The van der Waals surface area contributed by atoms with Crippen molar-refractivity contribution >= 4 is 16.8 Å². The van der Waals surface area contributed by atoms with E-state index in [1.165, 1.54) is 0 Å². The second-order valence-electron chi connectivity index (χ2n) is 6.57. The molecule has 1 aromatic heterocycles. The smallest absolute Gasteiger partial charge is 0.253 e. The number of hydrogen-bond acceptors (Lipinski definition) is 4. The van der Waals surface area contributed by atoms with Gasteiger partial charge in [0.1, 0.15) is 23.1 Å². The molecule has 5 heteroatoms. The van der Waals surface area contributed by atoms with E-state index in [0.717, 1.165) is 28.8 Å². The quantitative estimate of drug-likeness (QED) is 0.690. The number of amides is 1. The van der Waals surface area contributed by atoms with Crippen LogP contribution in [0.25, 0.3) is 10.9 Å². The van der Waals surface area contributed by atoms with E-state index in [0.29, 0.717) is 25.3 Å². The van der Waals surface area contributed by atoms with Crippen LogP contribution in [0.4, 0.5) is 0 Å². The summed E-state index contributed by atoms with van der Waals surface area (Å²) in [6, 6.07) is 17.2. The van der Waals surface area contributed by atoms with E-state index in [4.69, 9.17) is 9.47 Å². The lowest BCUT2D eigenvalue weighted by molar-refractivity contribution is 0.0772. The molecule has 138 valence electrons. The Morgan fingerprint density at radius 3 is 2.78 bits per heavy atom. The summed E-state index contributed by atoms with van der Waals surface area (Å²) in [6.45, 7) is 3.82. The number of para-hydroxylation sites is 1. The summed E-state index contributed by atoms with van der Waals surface area (Å²) in [6.07, 6.45) is 2.56. The lowest BCUT2D eigenvalue weighted by atomic mass is 10.2. The number of carbonyl (C=O) groups is 1. The van der Waals surface area contributed by atoms with Crippen LogP contribution in [0.15, 0.2) is 60.8 Å². The third kappa shape index (κ3) is 3.72. The van der Waals surface area contributed by atoms with E-state index in [1.807, 2.05) is 66.4 Å². The fraction of sp³-hybridized carbons (Fsp3) is 0.273. The van der Waals surface area contributed by atoms with Crippen LogP contribution in [0.5, 0.6) is 11.5 Å². The van der Waals surface area contributed by atoms with Crippen molar-refractivity contribution in [3.8, 4) is 11.5 Å². The Morgan fingerprint density at radius 2 is 1.96 bits per heavy atom. The SMILES string of the molecule is CCOc1ccc(C(=O)N2CCC(Oc3cccc4cccnc34)C2)cc1. The number of rotatable bonds is 5. The van der Waals surface area contributed by atoms with Crippen LogP contribution < -0.4 is 9.47 Å². The monoisotopic (exact) mass is 362 g/mol. The largest absolute Gasteiger partial charge is 0.494 e. The van der Waals surface area contributed by atoms with Gasteiger partial charge in [-0.25, -0.2) is 0 Å². The second kappa shape index (κ2) is 7.66. The molecule has 2 heterocycles. The zero-order valence-electron chi connectivity index (χ0n) is 15.3. The molecule has 5 nitrogen and oxygen atoms in total. The lowest BCUT2D eigenvalue weighted by Gasteiger charge is -2.18. The zero-order valence-corrected chi connectivity index (χ0v) is 15.3. The highest BCUT2D eigenvalue weighted by Gasteiger charge is 2.28. The summed E-state index contributed by atoms with van der Waals surface area (Å²) in [7, 11) is 0. The average molecular weight is 362 g/mol. The lowest BCUT2D eigenvalue weighted by Crippen LogP contribution is -2.30. The molecular weight excluding hydrogens is 340 g/mol. The summed E-state index contributed by atoms with van der Waals surface area (Å²) in [5.74, 6) is 1.58. The summed E-state index contributed by atoms with van der Waals surface area (Å²) < 4.78 is 11.6. The van der Waals surface area contributed by atoms with Crippen LogP contribution >= 0.6 is 0 Å². The van der Waals surface area contributed by atoms with E-state index in [1.54, 1.807) is 6.20 Å². The minimum atomic E-state index is -0.0238. The second-order valence-corrected chi connectivity index (χ2v) is 6.57. The Kier molecular flexibility index (Phi) is 4.92. The Morgan fingerprint density at radius 1 is 1.15 bits per heavy atom. The molecule has 1 amide bonds. The van der Waals surface area contributed by atoms with Crippen molar-refractivity contribution in [2.24, 2.45) is 0 Å². The molecule has 0 N–H and O–H groups in total. The standard InChI is InChI=1S/C22H22N2O3/c1-2-26-18-10-8-17(9-11-18)22(25)24-14-12-19(15-24)27-20-7-3-5-16-6-4-13-23-21(16)20/h3-11,13,19H,2,12,14-15H2,1H3. The van der Waals surface area contributed by atoms with Gasteiger partial charge in [-0.15, -0.1) is 0 Å². The van der Waals surface area contributed by atoms with Crippen LogP contribution in [0, 0.1) is 0 Å². The molecule has 1 saturated heterocycles. The van der Waals surface area contributed by atoms with Gasteiger partial charge in [0.25, 0.3) is 5.91 Å². The van der Waals surface area contributed by atoms with Crippen LogP contribution in [0.3, 0.4) is 0 Å². The van der Waals surface area contributed by atoms with Gasteiger partial charge in [0.05, 0.1) is 13.2 Å². The summed E-state index contributed by atoms with van der Waals surface area (Å²) in [4.78, 5) is 19.0. The van der Waals surface area contributed by atoms with Crippen LogP contribution in [0.1, 0.15) is 23.7 Å². The van der Waals surface area contributed by atoms with Gasteiger partial charge in [-0.05, 0) is 43.3 Å². The minimum Gasteiger partial charge on any atom is -0.494 e. The first-order chi connectivity index (χ1) is 13.2. The van der Waals surface area contributed by atoms with Crippen molar-refractivity contribution in [1.29, 1.82) is 0 Å². The minimum absolute atomic E-state index is 0.0238. The predicted molar refractivity (Wildman–Crippen MR) is 104 cm³/mol. The van der Waals surface area contributed by atoms with Crippen LogP contribution in [-0.2, 0) is 0 Å². The third-order valence-electron chi connectivity index (χ3n) is 4.73. The summed E-state index contributed by atoms with van der Waals surface area (Å²) in [5.41, 5.74) is 1.53. The van der Waals surface area contributed by atoms with Crippen molar-refractivity contribution in [3.05, 3.63) is 66.4 Å². The topological polar surface area (TPSA) is 51.7 Å². The average Bonchev–Trinajstić information content (AvgIpc) is 3.17. The maximum atomic E-state index is 12.7. The van der Waals surface area contributed by atoms with Gasteiger partial charge >= 0.3 is 0 Å². The number of pyridine rings is 1. The molecule has 0 bridgehead atoms. The first-order valence-electron chi connectivity index (χ1n) is 9.27. The molecule has 0 spiro atoms. The number of aromatic nitrogens is 1. The molecule has 0 saturated carbocycles. The molecule has 1 aliphatic heterocycles. The summed E-state index contributed by atoms with van der Waals surface area (Å²) >= 11 is 0. The first-order valence-corrected chi connectivity index (χ1v) is 9.27. The van der Waals surface area contributed by atoms with Crippen molar-refractivity contribution in [2.75, 3.05) is 19.7 Å². The van der Waals surface area contributed by atoms with Crippen molar-refractivity contribution in [2.45, 2.75) is 19.4 Å². The predicted octanol–water partition coefficient (Wildman–Crippen LogP) is 3.93. The zero-order chi connectivity index (χ0) is 18.6.